The highest BCUT2D eigenvalue weighted by atomic mass is 16.6. The van der Waals surface area contributed by atoms with Crippen LogP contribution in [0, 0.1) is 0 Å². The largest absolute Gasteiger partial charge is 0.494 e. The lowest BCUT2D eigenvalue weighted by molar-refractivity contribution is -0.143. The Morgan fingerprint density at radius 1 is 0.714 bits per heavy atom. The van der Waals surface area contributed by atoms with Crippen molar-refractivity contribution >= 4 is 17.9 Å². The molecule has 2 unspecified atom stereocenters. The van der Waals surface area contributed by atoms with E-state index in [0.29, 0.717) is 49.4 Å². The number of unbranched alkanes of at least 4 members (excludes halogenated alkanes) is 6. The number of carbonyl (C=O) groups excluding carboxylic acids is 3. The maximum Gasteiger partial charge on any atom is 0.347 e. The molecule has 1 N–H and O–H groups in total. The molecule has 0 aliphatic carbocycles. The molecular formula is C40H50O9. The van der Waals surface area contributed by atoms with Crippen molar-refractivity contribution in [3.63, 3.8) is 0 Å². The van der Waals surface area contributed by atoms with E-state index in [0.717, 1.165) is 18.9 Å². The van der Waals surface area contributed by atoms with E-state index in [1.807, 2.05) is 6.92 Å². The molecule has 0 saturated heterocycles. The molecule has 9 nitrogen and oxygen atoms in total. The molecule has 0 fully saturated rings. The third-order valence-corrected chi connectivity index (χ3v) is 7.91. The fourth-order valence-electron chi connectivity index (χ4n) is 5.08. The summed E-state index contributed by atoms with van der Waals surface area (Å²) in [6, 6.07) is 19.6. The second kappa shape index (κ2) is 22.1. The van der Waals surface area contributed by atoms with Gasteiger partial charge in [-0.1, -0.05) is 71.1 Å². The topological polar surface area (TPSA) is 118 Å². The first kappa shape index (κ1) is 38.8. The summed E-state index contributed by atoms with van der Waals surface area (Å²) < 4.78 is 28.1. The molecule has 0 heterocycles. The van der Waals surface area contributed by atoms with Gasteiger partial charge >= 0.3 is 17.9 Å². The third kappa shape index (κ3) is 14.2. The molecule has 9 heteroatoms. The Morgan fingerprint density at radius 2 is 1.31 bits per heavy atom. The number of hydrogen-bond acceptors (Lipinski definition) is 9. The average Bonchev–Trinajstić information content (AvgIpc) is 3.13. The standard InChI is InChI=1S/C40H50O9/c1-4-7-8-9-10-11-12-16-35(29-41)46-37-19-14-13-18-36(37)40(44)49-34-26-24-33(25-27-34)48-39(43)30-20-22-32(23-21-30)45-28-15-17-31(5-2)47-38(42)6-3/h6,13-14,18-27,31,35,41H,3-5,7-12,15-17,28-29H2,1-2H3. The minimum Gasteiger partial charge on any atom is -0.494 e. The zero-order valence-electron chi connectivity index (χ0n) is 28.8. The minimum absolute atomic E-state index is 0.144. The van der Waals surface area contributed by atoms with Crippen LogP contribution in [0.15, 0.2) is 85.5 Å². The Kier molecular flexibility index (Phi) is 17.5. The Balaban J connectivity index is 1.46. The number of hydrogen-bond donors (Lipinski definition) is 1. The van der Waals surface area contributed by atoms with E-state index < -0.39 is 24.0 Å². The van der Waals surface area contributed by atoms with Crippen LogP contribution in [0.2, 0.25) is 0 Å². The maximum atomic E-state index is 13.1. The molecule has 264 valence electrons. The fourth-order valence-corrected chi connectivity index (χ4v) is 5.08. The monoisotopic (exact) mass is 674 g/mol. The van der Waals surface area contributed by atoms with Crippen LogP contribution in [-0.4, -0.2) is 48.4 Å². The average molecular weight is 675 g/mol. The molecule has 3 aromatic rings. The van der Waals surface area contributed by atoms with Gasteiger partial charge in [-0.25, -0.2) is 14.4 Å². The summed E-state index contributed by atoms with van der Waals surface area (Å²) in [5.74, 6) is -0.0677. The Labute approximate surface area is 290 Å². The second-order valence-electron chi connectivity index (χ2n) is 11.8. The smallest absolute Gasteiger partial charge is 0.347 e. The predicted octanol–water partition coefficient (Wildman–Crippen LogP) is 8.67. The summed E-state index contributed by atoms with van der Waals surface area (Å²) in [5, 5.41) is 9.89. The van der Waals surface area contributed by atoms with E-state index in [2.05, 4.69) is 13.5 Å². The molecule has 0 radical (unpaired) electrons. The molecule has 0 aliphatic rings. The number of esters is 3. The van der Waals surface area contributed by atoms with Gasteiger partial charge in [0, 0.05) is 6.08 Å². The van der Waals surface area contributed by atoms with Crippen LogP contribution in [0.5, 0.6) is 23.0 Å². The van der Waals surface area contributed by atoms with E-state index in [9.17, 15) is 19.5 Å². The number of aliphatic hydroxyl groups excluding tert-OH is 1. The quantitative estimate of drug-likeness (QED) is 0.0456. The Bertz CT molecular complexity index is 1430. The summed E-state index contributed by atoms with van der Waals surface area (Å²) in [7, 11) is 0. The lowest BCUT2D eigenvalue weighted by atomic mass is 10.1. The van der Waals surface area contributed by atoms with Gasteiger partial charge in [0.2, 0.25) is 0 Å². The van der Waals surface area contributed by atoms with E-state index in [-0.39, 0.29) is 29.8 Å². The van der Waals surface area contributed by atoms with Gasteiger partial charge in [-0.2, -0.15) is 0 Å². The highest BCUT2D eigenvalue weighted by Crippen LogP contribution is 2.25. The van der Waals surface area contributed by atoms with E-state index in [1.165, 1.54) is 32.1 Å². The molecule has 0 amide bonds. The van der Waals surface area contributed by atoms with Crippen molar-refractivity contribution in [2.75, 3.05) is 13.2 Å². The second-order valence-corrected chi connectivity index (χ2v) is 11.8. The third-order valence-electron chi connectivity index (χ3n) is 7.91. The van der Waals surface area contributed by atoms with E-state index in [1.54, 1.807) is 72.8 Å². The molecule has 0 aliphatic heterocycles. The summed E-state index contributed by atoms with van der Waals surface area (Å²) in [5.41, 5.74) is 0.595. The summed E-state index contributed by atoms with van der Waals surface area (Å²) in [6.45, 7) is 7.86. The van der Waals surface area contributed by atoms with Crippen LogP contribution < -0.4 is 18.9 Å². The van der Waals surface area contributed by atoms with Crippen molar-refractivity contribution in [3.8, 4) is 23.0 Å². The zero-order chi connectivity index (χ0) is 35.3. The molecule has 3 aromatic carbocycles. The molecule has 49 heavy (non-hydrogen) atoms. The van der Waals surface area contributed by atoms with Gasteiger partial charge in [-0.05, 0) is 92.8 Å². The van der Waals surface area contributed by atoms with Crippen LogP contribution in [0.3, 0.4) is 0 Å². The normalized spacial score (nSPS) is 12.0. The van der Waals surface area contributed by atoms with Crippen molar-refractivity contribution in [2.24, 2.45) is 0 Å². The first-order chi connectivity index (χ1) is 23.9. The van der Waals surface area contributed by atoms with Crippen molar-refractivity contribution in [1.29, 1.82) is 0 Å². The highest BCUT2D eigenvalue weighted by molar-refractivity contribution is 5.94. The number of para-hydroxylation sites is 1. The van der Waals surface area contributed by atoms with E-state index in [4.69, 9.17) is 23.7 Å². The predicted molar refractivity (Wildman–Crippen MR) is 188 cm³/mol. The van der Waals surface area contributed by atoms with Gasteiger partial charge in [0.1, 0.15) is 40.8 Å². The van der Waals surface area contributed by atoms with Crippen LogP contribution in [0.1, 0.15) is 105 Å². The van der Waals surface area contributed by atoms with Crippen LogP contribution in [-0.2, 0) is 9.53 Å². The number of ether oxygens (including phenoxy) is 5. The number of carbonyl (C=O) groups is 3. The van der Waals surface area contributed by atoms with Gasteiger partial charge in [-0.15, -0.1) is 0 Å². The first-order valence-corrected chi connectivity index (χ1v) is 17.3. The van der Waals surface area contributed by atoms with Crippen LogP contribution in [0.4, 0.5) is 0 Å². The SMILES string of the molecule is C=CC(=O)OC(CC)CCCOc1ccc(C(=O)Oc2ccc(OC(=O)c3ccccc3OC(CO)CCCCCCCCC)cc2)cc1. The van der Waals surface area contributed by atoms with Crippen molar-refractivity contribution < 1.29 is 43.2 Å². The van der Waals surface area contributed by atoms with Crippen LogP contribution >= 0.6 is 0 Å². The van der Waals surface area contributed by atoms with Gasteiger partial charge in [-0.3, -0.25) is 0 Å². The summed E-state index contributed by atoms with van der Waals surface area (Å²) in [4.78, 5) is 37.2. The van der Waals surface area contributed by atoms with Crippen molar-refractivity contribution in [1.82, 2.24) is 0 Å². The summed E-state index contributed by atoms with van der Waals surface area (Å²) >= 11 is 0. The highest BCUT2D eigenvalue weighted by Gasteiger charge is 2.19. The molecule has 0 saturated carbocycles. The molecule has 0 bridgehead atoms. The molecule has 0 spiro atoms. The van der Waals surface area contributed by atoms with Gasteiger partial charge < -0.3 is 28.8 Å². The molecular weight excluding hydrogens is 624 g/mol. The van der Waals surface area contributed by atoms with Gasteiger partial charge in [0.05, 0.1) is 18.8 Å². The van der Waals surface area contributed by atoms with Crippen LogP contribution in [0.25, 0.3) is 0 Å². The summed E-state index contributed by atoms with van der Waals surface area (Å²) in [6.07, 6.45) is 11.5. The fraction of sp³-hybridized carbons (Fsp3) is 0.425. The first-order valence-electron chi connectivity index (χ1n) is 17.3. The Morgan fingerprint density at radius 3 is 1.94 bits per heavy atom. The number of rotatable bonds is 23. The zero-order valence-corrected chi connectivity index (χ0v) is 28.8. The van der Waals surface area contributed by atoms with E-state index >= 15 is 0 Å². The number of benzene rings is 3. The van der Waals surface area contributed by atoms with Crippen molar-refractivity contribution in [2.45, 2.75) is 96.7 Å². The van der Waals surface area contributed by atoms with Gasteiger partial charge in [0.15, 0.2) is 0 Å². The lowest BCUT2D eigenvalue weighted by Crippen LogP contribution is -2.22. The van der Waals surface area contributed by atoms with Gasteiger partial charge in [0.25, 0.3) is 0 Å². The lowest BCUT2D eigenvalue weighted by Gasteiger charge is -2.19. The minimum atomic E-state index is -0.600. The molecule has 2 atom stereocenters. The molecule has 0 aromatic heterocycles. The molecule has 3 rings (SSSR count). The Hall–Kier alpha value is -4.63. The van der Waals surface area contributed by atoms with Crippen molar-refractivity contribution in [3.05, 3.63) is 96.6 Å². The number of aliphatic hydroxyl groups is 1. The maximum absolute atomic E-state index is 13.1.